The summed E-state index contributed by atoms with van der Waals surface area (Å²) in [7, 11) is 1.09. The van der Waals surface area contributed by atoms with E-state index in [-0.39, 0.29) is 12.3 Å². The average molecular weight is 315 g/mol. The van der Waals surface area contributed by atoms with Crippen LogP contribution in [0.25, 0.3) is 0 Å². The van der Waals surface area contributed by atoms with Gasteiger partial charge in [-0.25, -0.2) is 4.79 Å². The van der Waals surface area contributed by atoms with Gasteiger partial charge in [0.1, 0.15) is 6.61 Å². The van der Waals surface area contributed by atoms with Gasteiger partial charge >= 0.3 is 5.97 Å². The highest BCUT2D eigenvalue weighted by Crippen LogP contribution is 2.12. The summed E-state index contributed by atoms with van der Waals surface area (Å²) in [5.41, 5.74) is -0.0314. The first kappa shape index (κ1) is 16.6. The molecule has 0 bridgehead atoms. The molecule has 0 radical (unpaired) electrons. The number of ether oxygens (including phenoxy) is 1. The third-order valence-corrected chi connectivity index (χ3v) is 2.54. The standard InChI is InChI=1S/C12H11ClN2O6/c1-20-12(17)11(10(16)6-13)14-21-7-8-2-4-9(5-3-8)15(18)19/h2-5H,6-7H2,1H3. The molecule has 0 saturated carbocycles. The molecular formula is C12H11ClN2O6. The number of benzene rings is 1. The van der Waals surface area contributed by atoms with Crippen molar-refractivity contribution in [2.75, 3.05) is 13.0 Å². The van der Waals surface area contributed by atoms with E-state index in [9.17, 15) is 19.7 Å². The molecule has 1 aromatic rings. The number of esters is 1. The van der Waals surface area contributed by atoms with Crippen molar-refractivity contribution >= 4 is 34.8 Å². The molecule has 0 aliphatic carbocycles. The lowest BCUT2D eigenvalue weighted by Gasteiger charge is -2.03. The van der Waals surface area contributed by atoms with E-state index in [0.717, 1.165) is 7.11 Å². The molecule has 0 aliphatic rings. The van der Waals surface area contributed by atoms with Gasteiger partial charge in [0, 0.05) is 12.1 Å². The molecule has 112 valence electrons. The van der Waals surface area contributed by atoms with Gasteiger partial charge in [0.2, 0.25) is 11.5 Å². The van der Waals surface area contributed by atoms with Crippen LogP contribution in [0, 0.1) is 10.1 Å². The van der Waals surface area contributed by atoms with Crippen LogP contribution in [0.15, 0.2) is 29.4 Å². The van der Waals surface area contributed by atoms with E-state index in [1.54, 1.807) is 0 Å². The van der Waals surface area contributed by atoms with E-state index in [0.29, 0.717) is 5.56 Å². The van der Waals surface area contributed by atoms with Gasteiger partial charge in [-0.15, -0.1) is 11.6 Å². The largest absolute Gasteiger partial charge is 0.464 e. The van der Waals surface area contributed by atoms with E-state index < -0.39 is 28.3 Å². The number of hydrogen-bond acceptors (Lipinski definition) is 7. The normalized spacial score (nSPS) is 10.9. The quantitative estimate of drug-likeness (QED) is 0.188. The molecule has 21 heavy (non-hydrogen) atoms. The summed E-state index contributed by atoms with van der Waals surface area (Å²) >= 11 is 5.33. The maximum Gasteiger partial charge on any atom is 0.363 e. The number of methoxy groups -OCH3 is 1. The number of ketones is 1. The van der Waals surface area contributed by atoms with Gasteiger partial charge in [-0.2, -0.15) is 0 Å². The molecule has 1 aromatic carbocycles. The molecule has 8 nitrogen and oxygen atoms in total. The van der Waals surface area contributed by atoms with E-state index in [2.05, 4.69) is 9.89 Å². The lowest BCUT2D eigenvalue weighted by Crippen LogP contribution is -2.26. The fourth-order valence-electron chi connectivity index (χ4n) is 1.25. The predicted molar refractivity (Wildman–Crippen MR) is 73.1 cm³/mol. The summed E-state index contributed by atoms with van der Waals surface area (Å²) in [6.07, 6.45) is 0. The minimum Gasteiger partial charge on any atom is -0.464 e. The van der Waals surface area contributed by atoms with E-state index >= 15 is 0 Å². The van der Waals surface area contributed by atoms with Crippen molar-refractivity contribution in [2.45, 2.75) is 6.61 Å². The Morgan fingerprint density at radius 3 is 2.43 bits per heavy atom. The van der Waals surface area contributed by atoms with Crippen molar-refractivity contribution in [1.82, 2.24) is 0 Å². The van der Waals surface area contributed by atoms with Crippen LogP contribution < -0.4 is 0 Å². The molecule has 0 aromatic heterocycles. The van der Waals surface area contributed by atoms with Gasteiger partial charge in [0.15, 0.2) is 0 Å². The second-order valence-corrected chi connectivity index (χ2v) is 3.95. The van der Waals surface area contributed by atoms with Crippen molar-refractivity contribution in [1.29, 1.82) is 0 Å². The highest BCUT2D eigenvalue weighted by Gasteiger charge is 2.21. The number of halogens is 1. The van der Waals surface area contributed by atoms with E-state index in [1.165, 1.54) is 24.3 Å². The Kier molecular flexibility index (Phi) is 6.28. The number of hydrogen-bond donors (Lipinski definition) is 0. The first-order valence-corrected chi connectivity index (χ1v) is 6.13. The van der Waals surface area contributed by atoms with Crippen molar-refractivity contribution in [2.24, 2.45) is 5.16 Å². The minimum absolute atomic E-state index is 0.0604. The Balaban J connectivity index is 2.72. The molecule has 0 amide bonds. The van der Waals surface area contributed by atoms with Gasteiger partial charge in [0.05, 0.1) is 17.9 Å². The molecule has 0 aliphatic heterocycles. The molecule has 0 N–H and O–H groups in total. The molecule has 0 fully saturated rings. The Bertz CT molecular complexity index is 552. The Morgan fingerprint density at radius 1 is 1.33 bits per heavy atom. The topological polar surface area (TPSA) is 108 Å². The second-order valence-electron chi connectivity index (χ2n) is 3.69. The summed E-state index contributed by atoms with van der Waals surface area (Å²) in [5, 5.41) is 13.9. The maximum absolute atomic E-state index is 11.4. The number of nitrogens with zero attached hydrogens (tertiary/aromatic N) is 2. The van der Waals surface area contributed by atoms with Crippen molar-refractivity contribution < 1.29 is 24.1 Å². The van der Waals surface area contributed by atoms with Crippen LogP contribution in [-0.2, 0) is 25.8 Å². The summed E-state index contributed by atoms with van der Waals surface area (Å²) < 4.78 is 4.38. The predicted octanol–water partition coefficient (Wildman–Crippen LogP) is 1.45. The molecule has 0 unspecified atom stereocenters. The zero-order valence-corrected chi connectivity index (χ0v) is 11.7. The average Bonchev–Trinajstić information content (AvgIpc) is 2.50. The van der Waals surface area contributed by atoms with Crippen LogP contribution >= 0.6 is 11.6 Å². The minimum atomic E-state index is -0.954. The van der Waals surface area contributed by atoms with Crippen LogP contribution in [0.2, 0.25) is 0 Å². The molecular weight excluding hydrogens is 304 g/mol. The summed E-state index contributed by atoms with van der Waals surface area (Å²) in [6, 6.07) is 5.53. The van der Waals surface area contributed by atoms with Gasteiger partial charge < -0.3 is 9.57 Å². The van der Waals surface area contributed by atoms with Gasteiger partial charge in [-0.1, -0.05) is 5.16 Å². The summed E-state index contributed by atoms with van der Waals surface area (Å²) in [4.78, 5) is 37.5. The third kappa shape index (κ3) is 4.84. The van der Waals surface area contributed by atoms with Crippen molar-refractivity contribution in [3.05, 3.63) is 39.9 Å². The van der Waals surface area contributed by atoms with E-state index in [4.69, 9.17) is 16.4 Å². The number of oxime groups is 1. The van der Waals surface area contributed by atoms with E-state index in [1.807, 2.05) is 0 Å². The number of nitro benzene ring substituents is 1. The van der Waals surface area contributed by atoms with Crippen LogP contribution in [-0.4, -0.2) is 35.4 Å². The SMILES string of the molecule is COC(=O)C(=NOCc1ccc([N+](=O)[O-])cc1)C(=O)CCl. The Labute approximate surface area is 124 Å². The zero-order chi connectivity index (χ0) is 15.8. The number of carbonyl (C=O) groups is 2. The molecule has 0 spiro atoms. The third-order valence-electron chi connectivity index (χ3n) is 2.30. The van der Waals surface area contributed by atoms with Crippen LogP contribution in [0.3, 0.4) is 0 Å². The number of rotatable bonds is 7. The number of non-ortho nitro benzene ring substituents is 1. The molecule has 9 heteroatoms. The smallest absolute Gasteiger partial charge is 0.363 e. The fourth-order valence-corrected chi connectivity index (χ4v) is 1.37. The zero-order valence-electron chi connectivity index (χ0n) is 10.9. The first-order chi connectivity index (χ1) is 9.99. The number of Topliss-reactive ketones (excluding diaryl/α,β-unsaturated/α-hetero) is 1. The lowest BCUT2D eigenvalue weighted by atomic mass is 10.2. The number of alkyl halides is 1. The maximum atomic E-state index is 11.4. The monoisotopic (exact) mass is 314 g/mol. The van der Waals surface area contributed by atoms with Crippen molar-refractivity contribution in [3.8, 4) is 0 Å². The second kappa shape index (κ2) is 7.95. The molecule has 1 rings (SSSR count). The van der Waals surface area contributed by atoms with Crippen LogP contribution in [0.4, 0.5) is 5.69 Å². The van der Waals surface area contributed by atoms with Gasteiger partial charge in [-0.05, 0) is 17.7 Å². The first-order valence-electron chi connectivity index (χ1n) is 5.60. The molecule has 0 atom stereocenters. The summed E-state index contributed by atoms with van der Waals surface area (Å²) in [5.74, 6) is -2.12. The number of nitro groups is 1. The highest BCUT2D eigenvalue weighted by atomic mass is 35.5. The number of carbonyl (C=O) groups excluding carboxylic acids is 2. The molecule has 0 heterocycles. The van der Waals surface area contributed by atoms with Crippen molar-refractivity contribution in [3.63, 3.8) is 0 Å². The van der Waals surface area contributed by atoms with Crippen LogP contribution in [0.5, 0.6) is 0 Å². The van der Waals surface area contributed by atoms with Gasteiger partial charge in [0.25, 0.3) is 5.69 Å². The lowest BCUT2D eigenvalue weighted by molar-refractivity contribution is -0.384. The fraction of sp³-hybridized carbons (Fsp3) is 0.250. The molecule has 0 saturated heterocycles. The summed E-state index contributed by atoms with van der Waals surface area (Å²) in [6.45, 7) is -0.0753. The highest BCUT2D eigenvalue weighted by molar-refractivity contribution is 6.67. The Morgan fingerprint density at radius 2 is 1.95 bits per heavy atom. The van der Waals surface area contributed by atoms with Gasteiger partial charge in [-0.3, -0.25) is 14.9 Å². The Hall–Kier alpha value is -2.48. The van der Waals surface area contributed by atoms with Crippen LogP contribution in [0.1, 0.15) is 5.56 Å².